The van der Waals surface area contributed by atoms with Crippen LogP contribution in [0.2, 0.25) is 0 Å². The molecule has 0 aromatic carbocycles. The number of rotatable bonds is 43. The van der Waals surface area contributed by atoms with Crippen LogP contribution < -0.4 is 5.73 Å². The van der Waals surface area contributed by atoms with Crippen molar-refractivity contribution < 1.29 is 37.6 Å². The minimum atomic E-state index is -4.38. The third-order valence-corrected chi connectivity index (χ3v) is 10.3. The summed E-state index contributed by atoms with van der Waals surface area (Å²) in [7, 11) is -4.38. The number of allylic oxidation sites excluding steroid dienone is 20. The van der Waals surface area contributed by atoms with E-state index in [0.29, 0.717) is 6.42 Å². The molecule has 0 aromatic rings. The Morgan fingerprint density at radius 3 is 1.30 bits per heavy atom. The molecule has 2 atom stereocenters. The maximum atomic E-state index is 12.5. The highest BCUT2D eigenvalue weighted by Gasteiger charge is 2.26. The quantitative estimate of drug-likeness (QED) is 0.0265. The summed E-state index contributed by atoms with van der Waals surface area (Å²) in [5.74, 6) is -0.871. The fourth-order valence-corrected chi connectivity index (χ4v) is 6.60. The van der Waals surface area contributed by atoms with Crippen LogP contribution in [0.4, 0.5) is 0 Å². The summed E-state index contributed by atoms with van der Waals surface area (Å²) in [5.41, 5.74) is 5.32. The Balaban J connectivity index is 3.95. The number of hydrogen-bond acceptors (Lipinski definition) is 8. The van der Waals surface area contributed by atoms with E-state index in [0.717, 1.165) is 135 Å². The van der Waals surface area contributed by atoms with E-state index >= 15 is 0 Å². The lowest BCUT2D eigenvalue weighted by molar-refractivity contribution is -0.161. The summed E-state index contributed by atoms with van der Waals surface area (Å²) in [4.78, 5) is 34.5. The Labute approximate surface area is 383 Å². The molecule has 0 aliphatic carbocycles. The zero-order chi connectivity index (χ0) is 46.0. The second-order valence-electron chi connectivity index (χ2n) is 15.2. The van der Waals surface area contributed by atoms with Gasteiger partial charge in [0.2, 0.25) is 0 Å². The second kappa shape index (κ2) is 47.9. The van der Waals surface area contributed by atoms with Crippen LogP contribution in [0.1, 0.15) is 168 Å². The zero-order valence-corrected chi connectivity index (χ0v) is 40.1. The van der Waals surface area contributed by atoms with Crippen LogP contribution in [0, 0.1) is 0 Å². The van der Waals surface area contributed by atoms with Crippen molar-refractivity contribution in [1.82, 2.24) is 0 Å². The number of unbranched alkanes of at least 4 members (excludes halogenated alkanes) is 10. The fourth-order valence-electron chi connectivity index (χ4n) is 5.84. The van der Waals surface area contributed by atoms with Crippen molar-refractivity contribution in [2.75, 3.05) is 26.4 Å². The largest absolute Gasteiger partial charge is 0.472 e. The highest BCUT2D eigenvalue weighted by molar-refractivity contribution is 7.47. The maximum Gasteiger partial charge on any atom is 0.472 e. The molecule has 0 bridgehead atoms. The van der Waals surface area contributed by atoms with Crippen molar-refractivity contribution in [3.05, 3.63) is 122 Å². The lowest BCUT2D eigenvalue weighted by atomic mass is 10.1. The van der Waals surface area contributed by atoms with Gasteiger partial charge >= 0.3 is 19.8 Å². The van der Waals surface area contributed by atoms with Gasteiger partial charge in [-0.1, -0.05) is 187 Å². The number of esters is 2. The molecule has 10 heteroatoms. The molecule has 0 amide bonds. The van der Waals surface area contributed by atoms with Crippen LogP contribution in [-0.4, -0.2) is 49.3 Å². The van der Waals surface area contributed by atoms with E-state index in [2.05, 4.69) is 135 Å². The minimum Gasteiger partial charge on any atom is -0.462 e. The van der Waals surface area contributed by atoms with Crippen LogP contribution in [0.25, 0.3) is 0 Å². The van der Waals surface area contributed by atoms with E-state index in [1.54, 1.807) is 0 Å². The molecule has 0 saturated heterocycles. The Bertz CT molecular complexity index is 1440. The molecular weight excluding hydrogens is 810 g/mol. The first kappa shape index (κ1) is 59.4. The van der Waals surface area contributed by atoms with Crippen LogP contribution in [0.15, 0.2) is 122 Å². The number of phosphoric acid groups is 1. The average molecular weight is 896 g/mol. The summed E-state index contributed by atoms with van der Waals surface area (Å²) >= 11 is 0. The monoisotopic (exact) mass is 896 g/mol. The fraction of sp³-hybridized carbons (Fsp3) is 0.585. The Morgan fingerprint density at radius 2 is 0.873 bits per heavy atom. The van der Waals surface area contributed by atoms with Gasteiger partial charge in [0.15, 0.2) is 6.10 Å². The van der Waals surface area contributed by atoms with Gasteiger partial charge in [0, 0.05) is 19.4 Å². The predicted molar refractivity (Wildman–Crippen MR) is 265 cm³/mol. The van der Waals surface area contributed by atoms with Gasteiger partial charge in [0.05, 0.1) is 13.2 Å². The summed E-state index contributed by atoms with van der Waals surface area (Å²) in [6, 6.07) is 0. The number of nitrogens with two attached hydrogens (primary N) is 1. The van der Waals surface area contributed by atoms with Gasteiger partial charge in [0.25, 0.3) is 0 Å². The molecule has 0 aromatic heterocycles. The predicted octanol–water partition coefficient (Wildman–Crippen LogP) is 14.5. The number of hydrogen-bond donors (Lipinski definition) is 2. The van der Waals surface area contributed by atoms with Gasteiger partial charge in [-0.3, -0.25) is 18.6 Å². The Kier molecular flexibility index (Phi) is 45.2. The third kappa shape index (κ3) is 47.7. The summed E-state index contributed by atoms with van der Waals surface area (Å²) in [6.07, 6.45) is 65.9. The zero-order valence-electron chi connectivity index (χ0n) is 39.3. The van der Waals surface area contributed by atoms with Crippen LogP contribution in [0.5, 0.6) is 0 Å². The molecule has 63 heavy (non-hydrogen) atoms. The molecule has 9 nitrogen and oxygen atoms in total. The molecule has 0 saturated carbocycles. The van der Waals surface area contributed by atoms with Gasteiger partial charge in [-0.05, 0) is 89.9 Å². The molecule has 0 fully saturated rings. The van der Waals surface area contributed by atoms with Crippen molar-refractivity contribution in [1.29, 1.82) is 0 Å². The molecule has 2 unspecified atom stereocenters. The first-order valence-electron chi connectivity index (χ1n) is 24.0. The van der Waals surface area contributed by atoms with Crippen LogP contribution in [-0.2, 0) is 32.7 Å². The number of carbonyl (C=O) groups excluding carboxylic acids is 2. The first-order chi connectivity index (χ1) is 30.8. The van der Waals surface area contributed by atoms with Gasteiger partial charge in [-0.15, -0.1) is 0 Å². The highest BCUT2D eigenvalue weighted by atomic mass is 31.2. The van der Waals surface area contributed by atoms with Crippen molar-refractivity contribution in [2.24, 2.45) is 5.73 Å². The minimum absolute atomic E-state index is 0.0450. The smallest absolute Gasteiger partial charge is 0.462 e. The molecule has 0 heterocycles. The van der Waals surface area contributed by atoms with Crippen LogP contribution in [0.3, 0.4) is 0 Å². The molecule has 0 spiro atoms. The average Bonchev–Trinajstić information content (AvgIpc) is 3.27. The summed E-state index contributed by atoms with van der Waals surface area (Å²) < 4.78 is 32.5. The van der Waals surface area contributed by atoms with E-state index in [9.17, 15) is 19.0 Å². The van der Waals surface area contributed by atoms with Gasteiger partial charge in [-0.2, -0.15) is 0 Å². The SMILES string of the molecule is CC/C=C\C/C=C\C/C=C\C/C=C\C/C=C\C/C=C\C/C=C\C/C=C\C/C=C\C/C=C\CCCCCCCCC(=O)OC(COC(=O)CCCCCCC)COP(=O)(O)OCCN. The number of phosphoric ester groups is 1. The third-order valence-electron chi connectivity index (χ3n) is 9.36. The molecule has 0 aliphatic rings. The summed E-state index contributed by atoms with van der Waals surface area (Å²) in [6.45, 7) is 3.47. The Hall–Kier alpha value is -3.59. The molecule has 3 N–H and O–H groups in total. The topological polar surface area (TPSA) is 134 Å². The van der Waals surface area contributed by atoms with Crippen molar-refractivity contribution in [2.45, 2.75) is 174 Å². The first-order valence-corrected chi connectivity index (χ1v) is 25.5. The normalized spacial score (nSPS) is 14.3. The number of ether oxygens (including phenoxy) is 2. The van der Waals surface area contributed by atoms with Gasteiger partial charge < -0.3 is 20.1 Å². The van der Waals surface area contributed by atoms with E-state index in [4.69, 9.17) is 24.3 Å². The molecule has 0 aliphatic heterocycles. The maximum absolute atomic E-state index is 12.5. The molecule has 0 radical (unpaired) electrons. The lowest BCUT2D eigenvalue weighted by Gasteiger charge is -2.19. The van der Waals surface area contributed by atoms with Crippen molar-refractivity contribution >= 4 is 19.8 Å². The second-order valence-corrected chi connectivity index (χ2v) is 16.7. The van der Waals surface area contributed by atoms with E-state index in [-0.39, 0.29) is 32.6 Å². The van der Waals surface area contributed by atoms with Gasteiger partial charge in [0.1, 0.15) is 6.61 Å². The molecule has 0 rings (SSSR count). The highest BCUT2D eigenvalue weighted by Crippen LogP contribution is 2.43. The lowest BCUT2D eigenvalue weighted by Crippen LogP contribution is -2.29. The number of carbonyl (C=O) groups is 2. The van der Waals surface area contributed by atoms with E-state index < -0.39 is 32.5 Å². The van der Waals surface area contributed by atoms with E-state index in [1.807, 2.05) is 0 Å². The van der Waals surface area contributed by atoms with Crippen LogP contribution >= 0.6 is 7.82 Å². The molecule has 356 valence electrons. The van der Waals surface area contributed by atoms with E-state index in [1.165, 1.54) is 0 Å². The van der Waals surface area contributed by atoms with Gasteiger partial charge in [-0.25, -0.2) is 4.57 Å². The summed E-state index contributed by atoms with van der Waals surface area (Å²) in [5, 5.41) is 0. The standard InChI is InChI=1S/C53H86NO8P/c1-3-5-7-9-10-11-12-13-14-15-16-17-18-19-20-21-22-23-24-25-26-27-28-29-30-31-32-33-34-35-36-37-38-39-40-42-44-46-53(56)62-51(50-61-63(57,58)60-48-47-54)49-59-52(55)45-43-41-8-6-4-2/h5,7,10-11,13-14,16-17,19-20,22-23,25-26,28-29,31-32,34-35,51H,3-4,6,8-9,12,15,18,21,24,27,30,33,36-50,54H2,1-2H3,(H,57,58)/b7-5-,11-10-,14-13-,17-16-,20-19-,23-22-,26-25-,29-28-,32-31-,35-34-. The Morgan fingerprint density at radius 1 is 0.492 bits per heavy atom. The van der Waals surface area contributed by atoms with Crippen molar-refractivity contribution in [3.8, 4) is 0 Å². The van der Waals surface area contributed by atoms with Crippen molar-refractivity contribution in [3.63, 3.8) is 0 Å². The molecular formula is C53H86NO8P.